The van der Waals surface area contributed by atoms with Crippen LogP contribution in [0, 0.1) is 29.6 Å². The van der Waals surface area contributed by atoms with Crippen LogP contribution in [-0.2, 0) is 4.79 Å². The molecule has 3 saturated carbocycles. The van der Waals surface area contributed by atoms with Crippen molar-refractivity contribution in [2.45, 2.75) is 82.2 Å². The first-order chi connectivity index (χ1) is 12.6. The molecule has 0 aromatic heterocycles. The average molecular weight is 365 g/mol. The van der Waals surface area contributed by atoms with Crippen LogP contribution in [0.25, 0.3) is 0 Å². The van der Waals surface area contributed by atoms with Gasteiger partial charge in [0.2, 0.25) is 5.91 Å². The summed E-state index contributed by atoms with van der Waals surface area (Å²) in [6, 6.07) is 0.269. The van der Waals surface area contributed by atoms with Gasteiger partial charge in [-0.15, -0.1) is 0 Å². The Morgan fingerprint density at radius 3 is 2.50 bits per heavy atom. The number of nitrogens with one attached hydrogen (secondary N) is 2. The summed E-state index contributed by atoms with van der Waals surface area (Å²) in [6.45, 7) is 0. The lowest BCUT2D eigenvalue weighted by Crippen LogP contribution is -2.45. The molecule has 6 unspecified atom stereocenters. The van der Waals surface area contributed by atoms with E-state index in [-0.39, 0.29) is 35.7 Å². The Morgan fingerprint density at radius 1 is 1.00 bits per heavy atom. The first-order valence-electron chi connectivity index (χ1n) is 10.5. The van der Waals surface area contributed by atoms with Crippen molar-refractivity contribution in [3.05, 3.63) is 0 Å². The maximum absolute atomic E-state index is 14.3. The van der Waals surface area contributed by atoms with Crippen LogP contribution in [0.5, 0.6) is 0 Å². The van der Waals surface area contributed by atoms with Gasteiger partial charge in [0, 0.05) is 29.6 Å². The molecule has 0 aromatic rings. The smallest absolute Gasteiger partial charge is 0.243 e. The minimum absolute atomic E-state index is 0.0510. The van der Waals surface area contributed by atoms with E-state index in [2.05, 4.69) is 15.8 Å². The van der Waals surface area contributed by atoms with Gasteiger partial charge in [0.25, 0.3) is 0 Å². The van der Waals surface area contributed by atoms with E-state index >= 15 is 0 Å². The molecule has 5 rings (SSSR count). The van der Waals surface area contributed by atoms with Crippen LogP contribution in [0.1, 0.15) is 57.8 Å². The number of hydrazone groups is 1. The van der Waals surface area contributed by atoms with Gasteiger partial charge in [-0.1, -0.05) is 0 Å². The molecule has 144 valence electrons. The number of carbonyl (C=O) groups is 1. The second-order valence-electron chi connectivity index (χ2n) is 9.32. The lowest BCUT2D eigenvalue weighted by molar-refractivity contribution is -0.128. The molecule has 1 saturated heterocycles. The van der Waals surface area contributed by atoms with Crippen LogP contribution in [0.4, 0.5) is 8.78 Å². The second-order valence-corrected chi connectivity index (χ2v) is 9.32. The van der Waals surface area contributed by atoms with Crippen molar-refractivity contribution >= 4 is 11.6 Å². The topological polar surface area (TPSA) is 53.5 Å². The molecule has 4 fully saturated rings. The largest absolute Gasteiger partial charge is 0.310 e. The highest BCUT2D eigenvalue weighted by molar-refractivity contribution is 5.93. The van der Waals surface area contributed by atoms with Crippen molar-refractivity contribution in [1.29, 1.82) is 0 Å². The molecule has 2 heterocycles. The van der Waals surface area contributed by atoms with Crippen LogP contribution >= 0.6 is 0 Å². The summed E-state index contributed by atoms with van der Waals surface area (Å²) in [4.78, 5) is 12.6. The minimum atomic E-state index is -0.925. The van der Waals surface area contributed by atoms with Crippen molar-refractivity contribution in [2.75, 3.05) is 0 Å². The molecule has 0 aromatic carbocycles. The first kappa shape index (κ1) is 17.1. The van der Waals surface area contributed by atoms with Crippen LogP contribution in [-0.4, -0.2) is 36.0 Å². The molecule has 1 amide bonds. The number of hydrogen-bond acceptors (Lipinski definition) is 3. The Morgan fingerprint density at radius 2 is 1.77 bits per heavy atom. The normalized spacial score (nSPS) is 48.4. The number of nitrogens with zero attached hydrogens (tertiary/aromatic N) is 1. The Kier molecular flexibility index (Phi) is 4.29. The summed E-state index contributed by atoms with van der Waals surface area (Å²) in [5.74, 6) is 1.07. The van der Waals surface area contributed by atoms with E-state index in [0.29, 0.717) is 37.5 Å². The van der Waals surface area contributed by atoms with E-state index in [9.17, 15) is 13.6 Å². The van der Waals surface area contributed by atoms with Crippen molar-refractivity contribution in [1.82, 2.24) is 10.7 Å². The van der Waals surface area contributed by atoms with Crippen molar-refractivity contribution in [3.63, 3.8) is 0 Å². The van der Waals surface area contributed by atoms with E-state index in [1.807, 2.05) is 0 Å². The summed E-state index contributed by atoms with van der Waals surface area (Å²) in [6.07, 6.45) is 5.70. The molecule has 5 aliphatic rings. The fourth-order valence-corrected chi connectivity index (χ4v) is 6.17. The van der Waals surface area contributed by atoms with Gasteiger partial charge >= 0.3 is 0 Å². The van der Waals surface area contributed by atoms with Gasteiger partial charge in [0.05, 0.1) is 0 Å². The third-order valence-electron chi connectivity index (χ3n) is 7.59. The quantitative estimate of drug-likeness (QED) is 0.807. The maximum Gasteiger partial charge on any atom is 0.243 e. The molecule has 0 radical (unpaired) electrons. The molecule has 2 aliphatic heterocycles. The molecule has 0 bridgehead atoms. The number of hydrogen-bond donors (Lipinski definition) is 2. The average Bonchev–Trinajstić information content (AvgIpc) is 3.38. The van der Waals surface area contributed by atoms with Crippen molar-refractivity contribution in [3.8, 4) is 0 Å². The Labute approximate surface area is 153 Å². The van der Waals surface area contributed by atoms with Gasteiger partial charge in [0.1, 0.15) is 12.3 Å². The minimum Gasteiger partial charge on any atom is -0.310 e. The predicted molar refractivity (Wildman–Crippen MR) is 95.1 cm³/mol. The fraction of sp³-hybridized carbons (Fsp3) is 0.900. The third kappa shape index (κ3) is 2.98. The molecule has 2 N–H and O–H groups in total. The molecule has 26 heavy (non-hydrogen) atoms. The van der Waals surface area contributed by atoms with Gasteiger partial charge < -0.3 is 5.32 Å². The van der Waals surface area contributed by atoms with Gasteiger partial charge in [-0.2, -0.15) is 5.10 Å². The molecule has 4 nitrogen and oxygen atoms in total. The number of alkyl halides is 2. The van der Waals surface area contributed by atoms with Crippen LogP contribution in [0.2, 0.25) is 0 Å². The lowest BCUT2D eigenvalue weighted by Gasteiger charge is -2.36. The molecular formula is C20H29F2N3O. The van der Waals surface area contributed by atoms with E-state index < -0.39 is 12.3 Å². The highest BCUT2D eigenvalue weighted by Crippen LogP contribution is 2.49. The third-order valence-corrected chi connectivity index (χ3v) is 7.59. The first-order valence-corrected chi connectivity index (χ1v) is 10.5. The standard InChI is InChI=1S/C20H29F2N3O/c21-12-5-3-11(4-6-12)19-18-16(7-10-1-2-10)24-25-20(26)14-8-13(22)9-15(23-19)17(14)18/h10-15,17-19,23H,1-9H2,(H,25,26). The number of carbonyl (C=O) groups excluding carboxylic acids is 1. The van der Waals surface area contributed by atoms with Crippen LogP contribution in [0.15, 0.2) is 5.10 Å². The molecule has 0 spiro atoms. The summed E-state index contributed by atoms with van der Waals surface area (Å²) >= 11 is 0. The monoisotopic (exact) mass is 365 g/mol. The van der Waals surface area contributed by atoms with E-state index in [1.54, 1.807) is 0 Å². The summed E-state index contributed by atoms with van der Waals surface area (Å²) < 4.78 is 28.0. The Bertz CT molecular complexity index is 600. The summed E-state index contributed by atoms with van der Waals surface area (Å²) in [5, 5.41) is 8.28. The number of halogens is 2. The lowest BCUT2D eigenvalue weighted by atomic mass is 9.66. The highest BCUT2D eigenvalue weighted by atomic mass is 19.1. The van der Waals surface area contributed by atoms with Gasteiger partial charge in [-0.05, 0) is 75.5 Å². The number of rotatable bonds is 3. The van der Waals surface area contributed by atoms with E-state index in [1.165, 1.54) is 12.8 Å². The molecular weight excluding hydrogens is 336 g/mol. The molecule has 6 atom stereocenters. The zero-order valence-corrected chi connectivity index (χ0v) is 15.2. The van der Waals surface area contributed by atoms with Gasteiger partial charge in [-0.25, -0.2) is 14.2 Å². The molecule has 3 aliphatic carbocycles. The van der Waals surface area contributed by atoms with Gasteiger partial charge in [-0.3, -0.25) is 4.79 Å². The Balaban J connectivity index is 1.47. The van der Waals surface area contributed by atoms with Crippen molar-refractivity contribution < 1.29 is 13.6 Å². The van der Waals surface area contributed by atoms with Gasteiger partial charge in [0.15, 0.2) is 0 Å². The van der Waals surface area contributed by atoms with Crippen molar-refractivity contribution in [2.24, 2.45) is 34.7 Å². The number of amides is 1. The summed E-state index contributed by atoms with van der Waals surface area (Å²) in [5.41, 5.74) is 3.88. The fourth-order valence-electron chi connectivity index (χ4n) is 6.17. The SMILES string of the molecule is O=C1NN=C(CC2CC2)C2C(C3CCC(F)CC3)NC3CC(F)CC1C32. The second kappa shape index (κ2) is 6.54. The maximum atomic E-state index is 14.3. The zero-order valence-electron chi connectivity index (χ0n) is 15.2. The zero-order chi connectivity index (χ0) is 17.8. The summed E-state index contributed by atoms with van der Waals surface area (Å²) in [7, 11) is 0. The van der Waals surface area contributed by atoms with Crippen LogP contribution in [0.3, 0.4) is 0 Å². The van der Waals surface area contributed by atoms with E-state index in [4.69, 9.17) is 0 Å². The molecule has 6 heteroatoms. The predicted octanol–water partition coefficient (Wildman–Crippen LogP) is 3.12. The van der Waals surface area contributed by atoms with Crippen LogP contribution < -0.4 is 10.7 Å². The Hall–Kier alpha value is -1.04. The highest BCUT2D eigenvalue weighted by Gasteiger charge is 2.56. The van der Waals surface area contributed by atoms with E-state index in [0.717, 1.165) is 25.0 Å².